The van der Waals surface area contributed by atoms with Crippen molar-refractivity contribution in [3.8, 4) is 5.75 Å². The van der Waals surface area contributed by atoms with Gasteiger partial charge in [-0.25, -0.2) is 9.97 Å². The summed E-state index contributed by atoms with van der Waals surface area (Å²) in [7, 11) is -0.222. The van der Waals surface area contributed by atoms with Crippen LogP contribution in [0.1, 0.15) is 5.56 Å². The molecule has 1 aromatic heterocycles. The average Bonchev–Trinajstić information content (AvgIpc) is 2.61. The van der Waals surface area contributed by atoms with E-state index < -0.39 is 8.38 Å². The maximum absolute atomic E-state index is 8.99. The van der Waals surface area contributed by atoms with Gasteiger partial charge in [0.2, 0.25) is 0 Å². The molecule has 0 bridgehead atoms. The molecule has 0 aliphatic rings. The lowest BCUT2D eigenvalue weighted by molar-refractivity contribution is 0.419. The van der Waals surface area contributed by atoms with Crippen molar-refractivity contribution in [1.82, 2.24) is 9.97 Å². The Morgan fingerprint density at radius 1 is 1.08 bits per heavy atom. The van der Waals surface area contributed by atoms with Crippen molar-refractivity contribution < 1.29 is 14.5 Å². The number of rotatable bonds is 6. The van der Waals surface area contributed by atoms with E-state index >= 15 is 0 Å². The summed E-state index contributed by atoms with van der Waals surface area (Å²) in [5.41, 5.74) is 2.72. The molecule has 124 valence electrons. The smallest absolute Gasteiger partial charge is 0.165 e. The summed E-state index contributed by atoms with van der Waals surface area (Å²) >= 11 is 0. The fourth-order valence-corrected chi connectivity index (χ4v) is 2.90. The summed E-state index contributed by atoms with van der Waals surface area (Å²) in [6.45, 7) is 0. The van der Waals surface area contributed by atoms with Gasteiger partial charge in [0, 0.05) is 17.2 Å². The molecule has 2 aromatic carbocycles. The van der Waals surface area contributed by atoms with Crippen LogP contribution in [0.3, 0.4) is 0 Å². The molecule has 7 heteroatoms. The fourth-order valence-electron chi connectivity index (χ4n) is 2.45. The Kier molecular flexibility index (Phi) is 5.20. The number of para-hydroxylation sites is 1. The van der Waals surface area contributed by atoms with Crippen LogP contribution < -0.4 is 10.1 Å². The Morgan fingerprint density at radius 3 is 2.58 bits per heavy atom. The van der Waals surface area contributed by atoms with Gasteiger partial charge in [-0.2, -0.15) is 0 Å². The van der Waals surface area contributed by atoms with Gasteiger partial charge in [0.25, 0.3) is 0 Å². The number of anilines is 2. The lowest BCUT2D eigenvalue weighted by Gasteiger charge is -2.11. The van der Waals surface area contributed by atoms with Crippen LogP contribution in [0.15, 0.2) is 48.8 Å². The summed E-state index contributed by atoms with van der Waals surface area (Å²) < 4.78 is 5.34. The highest BCUT2D eigenvalue weighted by Crippen LogP contribution is 2.29. The zero-order chi connectivity index (χ0) is 16.9. The van der Waals surface area contributed by atoms with Crippen LogP contribution in [0.25, 0.3) is 10.9 Å². The molecule has 0 amide bonds. The van der Waals surface area contributed by atoms with E-state index in [2.05, 4.69) is 15.3 Å². The van der Waals surface area contributed by atoms with Gasteiger partial charge in [-0.1, -0.05) is 18.2 Å². The van der Waals surface area contributed by atoms with Crippen molar-refractivity contribution in [3.63, 3.8) is 0 Å². The van der Waals surface area contributed by atoms with Crippen LogP contribution in [-0.2, 0) is 6.42 Å². The van der Waals surface area contributed by atoms with Gasteiger partial charge in [-0.15, -0.1) is 0 Å². The molecule has 24 heavy (non-hydrogen) atoms. The third kappa shape index (κ3) is 3.79. The number of methoxy groups -OCH3 is 1. The molecule has 0 spiro atoms. The van der Waals surface area contributed by atoms with Gasteiger partial charge in [0.15, 0.2) is 8.38 Å². The summed E-state index contributed by atoms with van der Waals surface area (Å²) in [5, 5.41) is 4.17. The summed E-state index contributed by atoms with van der Waals surface area (Å²) in [5.74, 6) is 1.42. The average molecular weight is 343 g/mol. The molecule has 0 aliphatic heterocycles. The SMILES string of the molecule is COc1cccc2c(Nc3ccc(CCP(O)O)cc3)ncnc12. The van der Waals surface area contributed by atoms with Crippen LogP contribution in [0.5, 0.6) is 5.75 Å². The zero-order valence-corrected chi connectivity index (χ0v) is 14.1. The molecule has 0 atom stereocenters. The number of benzene rings is 2. The molecule has 0 saturated heterocycles. The van der Waals surface area contributed by atoms with E-state index in [1.54, 1.807) is 7.11 Å². The highest BCUT2D eigenvalue weighted by molar-refractivity contribution is 7.45. The molecular weight excluding hydrogens is 325 g/mol. The van der Waals surface area contributed by atoms with Crippen molar-refractivity contribution in [2.45, 2.75) is 6.42 Å². The van der Waals surface area contributed by atoms with Crippen molar-refractivity contribution in [1.29, 1.82) is 0 Å². The largest absolute Gasteiger partial charge is 0.494 e. The number of fused-ring (bicyclic) bond motifs is 1. The molecule has 0 saturated carbocycles. The minimum atomic E-state index is -1.84. The summed E-state index contributed by atoms with van der Waals surface area (Å²) in [6.07, 6.45) is 2.54. The first-order valence-electron chi connectivity index (χ1n) is 7.46. The monoisotopic (exact) mass is 343 g/mol. The first kappa shape index (κ1) is 16.6. The third-order valence-electron chi connectivity index (χ3n) is 3.66. The first-order chi connectivity index (χ1) is 11.7. The molecule has 3 N–H and O–H groups in total. The Hall–Kier alpha value is -2.27. The summed E-state index contributed by atoms with van der Waals surface area (Å²) in [4.78, 5) is 26.6. The van der Waals surface area contributed by atoms with E-state index in [-0.39, 0.29) is 0 Å². The van der Waals surface area contributed by atoms with Gasteiger partial charge in [-0.3, -0.25) is 0 Å². The van der Waals surface area contributed by atoms with Crippen molar-refractivity contribution in [3.05, 3.63) is 54.4 Å². The summed E-state index contributed by atoms with van der Waals surface area (Å²) in [6, 6.07) is 13.5. The molecule has 0 unspecified atom stereocenters. The van der Waals surface area contributed by atoms with Crippen molar-refractivity contribution in [2.75, 3.05) is 18.6 Å². The minimum Gasteiger partial charge on any atom is -0.494 e. The van der Waals surface area contributed by atoms with Gasteiger partial charge < -0.3 is 19.8 Å². The van der Waals surface area contributed by atoms with Gasteiger partial charge in [-0.05, 0) is 36.2 Å². The number of aromatic nitrogens is 2. The Labute approximate surface area is 141 Å². The molecule has 0 radical (unpaired) electrons. The Balaban J connectivity index is 1.82. The highest BCUT2D eigenvalue weighted by atomic mass is 31.2. The van der Waals surface area contributed by atoms with Crippen molar-refractivity contribution >= 4 is 30.8 Å². The van der Waals surface area contributed by atoms with Crippen LogP contribution in [0.4, 0.5) is 11.5 Å². The van der Waals surface area contributed by atoms with E-state index in [1.807, 2.05) is 42.5 Å². The normalized spacial score (nSPS) is 11.0. The van der Waals surface area contributed by atoms with E-state index in [1.165, 1.54) is 6.33 Å². The number of aryl methyl sites for hydroxylation is 1. The maximum atomic E-state index is 8.99. The minimum absolute atomic E-state index is 0.387. The quantitative estimate of drug-likeness (QED) is 0.596. The second-order valence-corrected chi connectivity index (χ2v) is 6.44. The second-order valence-electron chi connectivity index (χ2n) is 5.25. The number of ether oxygens (including phenoxy) is 1. The Bertz CT molecular complexity index is 825. The maximum Gasteiger partial charge on any atom is 0.165 e. The van der Waals surface area contributed by atoms with Crippen LogP contribution in [0, 0.1) is 0 Å². The third-order valence-corrected chi connectivity index (χ3v) is 4.29. The number of nitrogens with one attached hydrogen (secondary N) is 1. The van der Waals surface area contributed by atoms with Crippen LogP contribution >= 0.6 is 8.38 Å². The highest BCUT2D eigenvalue weighted by Gasteiger charge is 2.08. The fraction of sp³-hybridized carbons (Fsp3) is 0.176. The van der Waals surface area contributed by atoms with E-state index in [0.29, 0.717) is 24.2 Å². The second kappa shape index (κ2) is 7.53. The zero-order valence-electron chi connectivity index (χ0n) is 13.2. The Morgan fingerprint density at radius 2 is 1.88 bits per heavy atom. The predicted molar refractivity (Wildman–Crippen MR) is 95.7 cm³/mol. The van der Waals surface area contributed by atoms with Gasteiger partial charge >= 0.3 is 0 Å². The van der Waals surface area contributed by atoms with E-state index in [9.17, 15) is 0 Å². The molecular formula is C17H18N3O3P. The lowest BCUT2D eigenvalue weighted by Crippen LogP contribution is -1.98. The molecule has 3 aromatic rings. The van der Waals surface area contributed by atoms with Gasteiger partial charge in [0.05, 0.1) is 7.11 Å². The molecule has 0 aliphatic carbocycles. The molecule has 6 nitrogen and oxygen atoms in total. The number of hydrogen-bond donors (Lipinski definition) is 3. The molecule has 3 rings (SSSR count). The topological polar surface area (TPSA) is 87.5 Å². The molecule has 0 fully saturated rings. The van der Waals surface area contributed by atoms with E-state index in [0.717, 1.165) is 22.2 Å². The van der Waals surface area contributed by atoms with Gasteiger partial charge in [0.1, 0.15) is 23.4 Å². The number of hydrogen-bond acceptors (Lipinski definition) is 6. The van der Waals surface area contributed by atoms with Crippen molar-refractivity contribution in [2.24, 2.45) is 0 Å². The standard InChI is InChI=1S/C17H18N3O3P/c1-23-15-4-2-3-14-16(15)18-11-19-17(14)20-13-7-5-12(6-8-13)9-10-24(21)22/h2-8,11,21-22H,9-10H2,1H3,(H,18,19,20). The first-order valence-corrected chi connectivity index (χ1v) is 8.89. The molecule has 1 heterocycles. The van der Waals surface area contributed by atoms with Crippen LogP contribution in [-0.4, -0.2) is 33.0 Å². The predicted octanol–water partition coefficient (Wildman–Crippen LogP) is 3.22. The lowest BCUT2D eigenvalue weighted by atomic mass is 10.1. The van der Waals surface area contributed by atoms with E-state index in [4.69, 9.17) is 14.5 Å². The van der Waals surface area contributed by atoms with Crippen LogP contribution in [0.2, 0.25) is 0 Å². The number of nitrogens with zero attached hydrogens (tertiary/aromatic N) is 2.